The van der Waals surface area contributed by atoms with Crippen molar-refractivity contribution in [1.82, 2.24) is 0 Å². The van der Waals surface area contributed by atoms with Crippen LogP contribution in [0.1, 0.15) is 71.6 Å². The third-order valence-electron chi connectivity index (χ3n) is 4.02. The molecule has 0 spiro atoms. The number of alkyl halides is 2. The van der Waals surface area contributed by atoms with Gasteiger partial charge in [0, 0.05) is 12.8 Å². The lowest BCUT2D eigenvalue weighted by atomic mass is 9.75. The minimum atomic E-state index is -2.36. The molecule has 0 amide bonds. The molecule has 1 unspecified atom stereocenters. The standard InChI is InChI=1S/C14H26F2/c1-3-5-7-12(6-4-2)13-8-10-14(15,16)11-9-13/h12-13H,3-11H2,1-2H3. The minimum Gasteiger partial charge on any atom is -0.207 e. The van der Waals surface area contributed by atoms with E-state index in [0.717, 1.165) is 12.8 Å². The maximum absolute atomic E-state index is 13.1. The minimum absolute atomic E-state index is 0.129. The van der Waals surface area contributed by atoms with Crippen LogP contribution < -0.4 is 0 Å². The maximum atomic E-state index is 13.1. The maximum Gasteiger partial charge on any atom is 0.248 e. The summed E-state index contributed by atoms with van der Waals surface area (Å²) < 4.78 is 26.2. The van der Waals surface area contributed by atoms with Crippen molar-refractivity contribution in [2.75, 3.05) is 0 Å². The van der Waals surface area contributed by atoms with Crippen LogP contribution in [0.5, 0.6) is 0 Å². The molecule has 0 aliphatic heterocycles. The molecule has 0 radical (unpaired) electrons. The molecule has 1 aliphatic rings. The Morgan fingerprint density at radius 1 is 1.06 bits per heavy atom. The number of unbranched alkanes of at least 4 members (excludes halogenated alkanes) is 1. The second kappa shape index (κ2) is 6.56. The van der Waals surface area contributed by atoms with Crippen LogP contribution in [0.4, 0.5) is 8.78 Å². The van der Waals surface area contributed by atoms with E-state index in [1.54, 1.807) is 0 Å². The Hall–Kier alpha value is -0.140. The van der Waals surface area contributed by atoms with Crippen molar-refractivity contribution < 1.29 is 8.78 Å². The van der Waals surface area contributed by atoms with Gasteiger partial charge in [-0.05, 0) is 24.7 Å². The van der Waals surface area contributed by atoms with Gasteiger partial charge in [0.25, 0.3) is 0 Å². The smallest absolute Gasteiger partial charge is 0.207 e. The molecule has 0 bridgehead atoms. The third kappa shape index (κ3) is 4.39. The van der Waals surface area contributed by atoms with Gasteiger partial charge in [-0.2, -0.15) is 0 Å². The van der Waals surface area contributed by atoms with Crippen molar-refractivity contribution in [2.45, 2.75) is 77.6 Å². The van der Waals surface area contributed by atoms with E-state index in [2.05, 4.69) is 13.8 Å². The zero-order valence-electron chi connectivity index (χ0n) is 10.8. The molecular weight excluding hydrogens is 206 g/mol. The average Bonchev–Trinajstić information content (AvgIpc) is 2.25. The van der Waals surface area contributed by atoms with Crippen LogP contribution in [0, 0.1) is 11.8 Å². The topological polar surface area (TPSA) is 0 Å². The molecule has 0 aromatic heterocycles. The molecule has 0 N–H and O–H groups in total. The lowest BCUT2D eigenvalue weighted by molar-refractivity contribution is -0.0533. The SMILES string of the molecule is CCCCC(CCC)C1CCC(F)(F)CC1. The molecule has 2 heteroatoms. The summed E-state index contributed by atoms with van der Waals surface area (Å²) in [5.74, 6) is -1.08. The van der Waals surface area contributed by atoms with Gasteiger partial charge >= 0.3 is 0 Å². The number of hydrogen-bond acceptors (Lipinski definition) is 0. The molecule has 0 aromatic carbocycles. The summed E-state index contributed by atoms with van der Waals surface area (Å²) in [4.78, 5) is 0. The quantitative estimate of drug-likeness (QED) is 0.573. The molecule has 1 aliphatic carbocycles. The van der Waals surface area contributed by atoms with Crippen LogP contribution in [0.2, 0.25) is 0 Å². The van der Waals surface area contributed by atoms with Crippen LogP contribution >= 0.6 is 0 Å². The van der Waals surface area contributed by atoms with E-state index < -0.39 is 5.92 Å². The lowest BCUT2D eigenvalue weighted by Crippen LogP contribution is -2.28. The van der Waals surface area contributed by atoms with Gasteiger partial charge in [0.2, 0.25) is 5.92 Å². The van der Waals surface area contributed by atoms with Gasteiger partial charge in [-0.25, -0.2) is 8.78 Å². The van der Waals surface area contributed by atoms with Crippen LogP contribution in [-0.2, 0) is 0 Å². The Balaban J connectivity index is 2.39. The summed E-state index contributed by atoms with van der Waals surface area (Å²) in [6.07, 6.45) is 7.93. The highest BCUT2D eigenvalue weighted by molar-refractivity contribution is 4.81. The summed E-state index contributed by atoms with van der Waals surface area (Å²) in [6, 6.07) is 0. The summed E-state index contributed by atoms with van der Waals surface area (Å²) >= 11 is 0. The van der Waals surface area contributed by atoms with E-state index in [9.17, 15) is 8.78 Å². The van der Waals surface area contributed by atoms with E-state index in [-0.39, 0.29) is 12.8 Å². The first-order valence-electron chi connectivity index (χ1n) is 6.97. The molecular formula is C14H26F2. The van der Waals surface area contributed by atoms with Crippen molar-refractivity contribution >= 4 is 0 Å². The number of hydrogen-bond donors (Lipinski definition) is 0. The van der Waals surface area contributed by atoms with Crippen LogP contribution in [-0.4, -0.2) is 5.92 Å². The molecule has 0 saturated heterocycles. The molecule has 0 heterocycles. The highest BCUT2D eigenvalue weighted by atomic mass is 19.3. The molecule has 1 saturated carbocycles. The monoisotopic (exact) mass is 232 g/mol. The summed E-state index contributed by atoms with van der Waals surface area (Å²) in [5, 5.41) is 0. The zero-order valence-corrected chi connectivity index (χ0v) is 10.8. The Kier molecular flexibility index (Phi) is 5.71. The fourth-order valence-electron chi connectivity index (χ4n) is 2.99. The van der Waals surface area contributed by atoms with Crippen molar-refractivity contribution in [3.8, 4) is 0 Å². The van der Waals surface area contributed by atoms with Crippen molar-refractivity contribution in [1.29, 1.82) is 0 Å². The molecule has 1 fully saturated rings. The first kappa shape index (κ1) is 13.9. The Bertz CT molecular complexity index is 179. The second-order valence-corrected chi connectivity index (χ2v) is 5.38. The first-order chi connectivity index (χ1) is 7.59. The van der Waals surface area contributed by atoms with E-state index in [4.69, 9.17) is 0 Å². The van der Waals surface area contributed by atoms with Gasteiger partial charge in [-0.1, -0.05) is 46.0 Å². The van der Waals surface area contributed by atoms with E-state index in [1.165, 1.54) is 32.1 Å². The Morgan fingerprint density at radius 2 is 1.69 bits per heavy atom. The van der Waals surface area contributed by atoms with Crippen molar-refractivity contribution in [2.24, 2.45) is 11.8 Å². The molecule has 0 nitrogen and oxygen atoms in total. The molecule has 0 aromatic rings. The Morgan fingerprint density at radius 3 is 2.19 bits per heavy atom. The molecule has 96 valence electrons. The van der Waals surface area contributed by atoms with E-state index in [1.807, 2.05) is 0 Å². The predicted octanol–water partition coefficient (Wildman–Crippen LogP) is 5.42. The summed E-state index contributed by atoms with van der Waals surface area (Å²) in [6.45, 7) is 4.41. The zero-order chi connectivity index (χ0) is 12.0. The second-order valence-electron chi connectivity index (χ2n) is 5.38. The van der Waals surface area contributed by atoms with Gasteiger partial charge in [-0.3, -0.25) is 0 Å². The van der Waals surface area contributed by atoms with Gasteiger partial charge < -0.3 is 0 Å². The van der Waals surface area contributed by atoms with Gasteiger partial charge in [-0.15, -0.1) is 0 Å². The fourth-order valence-corrected chi connectivity index (χ4v) is 2.99. The largest absolute Gasteiger partial charge is 0.248 e. The van der Waals surface area contributed by atoms with Gasteiger partial charge in [0.15, 0.2) is 0 Å². The van der Waals surface area contributed by atoms with Gasteiger partial charge in [0.1, 0.15) is 0 Å². The lowest BCUT2D eigenvalue weighted by Gasteiger charge is -2.33. The Labute approximate surface area is 98.8 Å². The number of halogens is 2. The normalized spacial score (nSPS) is 23.2. The first-order valence-corrected chi connectivity index (χ1v) is 6.97. The highest BCUT2D eigenvalue weighted by Crippen LogP contribution is 2.41. The van der Waals surface area contributed by atoms with Crippen LogP contribution in [0.15, 0.2) is 0 Å². The van der Waals surface area contributed by atoms with Crippen molar-refractivity contribution in [3.63, 3.8) is 0 Å². The molecule has 16 heavy (non-hydrogen) atoms. The molecule has 1 atom stereocenters. The van der Waals surface area contributed by atoms with Crippen molar-refractivity contribution in [3.05, 3.63) is 0 Å². The average molecular weight is 232 g/mol. The molecule has 1 rings (SSSR count). The van der Waals surface area contributed by atoms with E-state index in [0.29, 0.717) is 11.8 Å². The summed E-state index contributed by atoms with van der Waals surface area (Å²) in [7, 11) is 0. The highest BCUT2D eigenvalue weighted by Gasteiger charge is 2.36. The van der Waals surface area contributed by atoms with Crippen LogP contribution in [0.3, 0.4) is 0 Å². The third-order valence-corrected chi connectivity index (χ3v) is 4.02. The number of rotatable bonds is 6. The van der Waals surface area contributed by atoms with Crippen LogP contribution in [0.25, 0.3) is 0 Å². The van der Waals surface area contributed by atoms with E-state index >= 15 is 0 Å². The van der Waals surface area contributed by atoms with Gasteiger partial charge in [0.05, 0.1) is 0 Å². The predicted molar refractivity (Wildman–Crippen MR) is 64.8 cm³/mol. The summed E-state index contributed by atoms with van der Waals surface area (Å²) in [5.41, 5.74) is 0. The fraction of sp³-hybridized carbons (Fsp3) is 1.00.